The smallest absolute Gasteiger partial charge is 0.0704 e. The summed E-state index contributed by atoms with van der Waals surface area (Å²) in [5.74, 6) is 0.721. The molecular formula is C15H17N. The molecule has 1 aliphatic rings. The van der Waals surface area contributed by atoms with Crippen LogP contribution in [0.2, 0.25) is 0 Å². The molecule has 0 spiro atoms. The van der Waals surface area contributed by atoms with Gasteiger partial charge in [-0.2, -0.15) is 0 Å². The Morgan fingerprint density at radius 3 is 2.56 bits per heavy atom. The quantitative estimate of drug-likeness (QED) is 0.733. The van der Waals surface area contributed by atoms with Gasteiger partial charge in [-0.15, -0.1) is 0 Å². The Labute approximate surface area is 96.5 Å². The van der Waals surface area contributed by atoms with Gasteiger partial charge < -0.3 is 0 Å². The molecule has 0 aliphatic heterocycles. The van der Waals surface area contributed by atoms with Crippen LogP contribution in [0.5, 0.6) is 0 Å². The van der Waals surface area contributed by atoms with E-state index in [-0.39, 0.29) is 0 Å². The van der Waals surface area contributed by atoms with Crippen molar-refractivity contribution >= 4 is 10.9 Å². The van der Waals surface area contributed by atoms with Crippen LogP contribution in [0.1, 0.15) is 32.3 Å². The summed E-state index contributed by atoms with van der Waals surface area (Å²) in [6.45, 7) is 4.67. The van der Waals surface area contributed by atoms with Crippen molar-refractivity contribution in [3.8, 4) is 0 Å². The van der Waals surface area contributed by atoms with Crippen LogP contribution in [0, 0.1) is 5.92 Å². The highest BCUT2D eigenvalue weighted by Gasteiger charge is 2.47. The van der Waals surface area contributed by atoms with Gasteiger partial charge in [0.1, 0.15) is 0 Å². The highest BCUT2D eigenvalue weighted by Crippen LogP contribution is 2.55. The fourth-order valence-corrected chi connectivity index (χ4v) is 2.82. The van der Waals surface area contributed by atoms with Gasteiger partial charge >= 0.3 is 0 Å². The molecule has 1 aromatic heterocycles. The Morgan fingerprint density at radius 2 is 1.88 bits per heavy atom. The van der Waals surface area contributed by atoms with E-state index >= 15 is 0 Å². The highest BCUT2D eigenvalue weighted by atomic mass is 14.7. The number of para-hydroxylation sites is 1. The number of pyridine rings is 1. The van der Waals surface area contributed by atoms with E-state index in [0.29, 0.717) is 5.41 Å². The molecule has 1 heterocycles. The molecule has 1 saturated carbocycles. The molecule has 16 heavy (non-hydrogen) atoms. The van der Waals surface area contributed by atoms with E-state index in [1.807, 2.05) is 6.20 Å². The topological polar surface area (TPSA) is 12.9 Å². The van der Waals surface area contributed by atoms with Crippen molar-refractivity contribution in [3.05, 3.63) is 42.1 Å². The van der Waals surface area contributed by atoms with E-state index in [0.717, 1.165) is 11.4 Å². The number of benzene rings is 1. The number of hydrogen-bond donors (Lipinski definition) is 0. The maximum atomic E-state index is 4.44. The first kappa shape index (κ1) is 9.83. The van der Waals surface area contributed by atoms with Crippen molar-refractivity contribution < 1.29 is 0 Å². The molecule has 82 valence electrons. The Balaban J connectivity index is 2.25. The molecule has 0 radical (unpaired) electrons. The molecule has 3 rings (SSSR count). The van der Waals surface area contributed by atoms with Gasteiger partial charge in [0.15, 0.2) is 0 Å². The number of hydrogen-bond acceptors (Lipinski definition) is 1. The van der Waals surface area contributed by atoms with Gasteiger partial charge in [-0.25, -0.2) is 0 Å². The zero-order valence-electron chi connectivity index (χ0n) is 9.90. The summed E-state index contributed by atoms with van der Waals surface area (Å²) in [4.78, 5) is 4.44. The third-order valence-electron chi connectivity index (χ3n) is 4.08. The first-order valence-corrected chi connectivity index (χ1v) is 6.08. The average Bonchev–Trinajstić information content (AvgIpc) is 3.09. The van der Waals surface area contributed by atoms with Gasteiger partial charge in [0.2, 0.25) is 0 Å². The number of fused-ring (bicyclic) bond motifs is 1. The predicted octanol–water partition coefficient (Wildman–Crippen LogP) is 3.92. The third-order valence-corrected chi connectivity index (χ3v) is 4.08. The summed E-state index contributed by atoms with van der Waals surface area (Å²) in [5, 5.41) is 1.34. The van der Waals surface area contributed by atoms with Crippen LogP contribution in [0.3, 0.4) is 0 Å². The first-order chi connectivity index (χ1) is 7.74. The van der Waals surface area contributed by atoms with Gasteiger partial charge in [-0.1, -0.05) is 32.0 Å². The number of nitrogens with zero attached hydrogens (tertiary/aromatic N) is 1. The van der Waals surface area contributed by atoms with Gasteiger partial charge in [-0.05, 0) is 41.9 Å². The molecule has 2 aromatic rings. The largest absolute Gasteiger partial charge is 0.256 e. The maximum Gasteiger partial charge on any atom is 0.0704 e. The maximum absolute atomic E-state index is 4.44. The average molecular weight is 211 g/mol. The lowest BCUT2D eigenvalue weighted by Gasteiger charge is -2.21. The molecular weight excluding hydrogens is 194 g/mol. The van der Waals surface area contributed by atoms with E-state index in [2.05, 4.69) is 49.2 Å². The highest BCUT2D eigenvalue weighted by molar-refractivity contribution is 5.83. The minimum absolute atomic E-state index is 0.433. The molecule has 1 fully saturated rings. The van der Waals surface area contributed by atoms with E-state index in [9.17, 15) is 0 Å². The molecule has 0 saturated heterocycles. The summed E-state index contributed by atoms with van der Waals surface area (Å²) in [6, 6.07) is 10.7. The van der Waals surface area contributed by atoms with Gasteiger partial charge in [-0.3, -0.25) is 4.98 Å². The molecule has 1 nitrogen and oxygen atoms in total. The van der Waals surface area contributed by atoms with E-state index in [4.69, 9.17) is 0 Å². The minimum atomic E-state index is 0.433. The van der Waals surface area contributed by atoms with Gasteiger partial charge in [0.05, 0.1) is 5.52 Å². The Kier molecular flexibility index (Phi) is 2.03. The van der Waals surface area contributed by atoms with Crippen LogP contribution < -0.4 is 0 Å². The van der Waals surface area contributed by atoms with Crippen LogP contribution in [0.4, 0.5) is 0 Å². The van der Waals surface area contributed by atoms with Crippen molar-refractivity contribution in [2.75, 3.05) is 0 Å². The second kappa shape index (κ2) is 3.31. The molecule has 0 atom stereocenters. The molecule has 0 bridgehead atoms. The zero-order chi connectivity index (χ0) is 11.2. The zero-order valence-corrected chi connectivity index (χ0v) is 9.90. The summed E-state index contributed by atoms with van der Waals surface area (Å²) in [5.41, 5.74) is 3.07. The second-order valence-electron chi connectivity index (χ2n) is 5.19. The summed E-state index contributed by atoms with van der Waals surface area (Å²) in [6.07, 6.45) is 4.62. The standard InChI is InChI=1S/C15H17N/c1-11(2)15(8-9-15)13-7-10-16-14-6-4-3-5-12(13)14/h3-7,10-11H,8-9H2,1-2H3. The Bertz CT molecular complexity index is 518. The lowest BCUT2D eigenvalue weighted by atomic mass is 9.83. The molecule has 0 N–H and O–H groups in total. The Morgan fingerprint density at radius 1 is 1.12 bits per heavy atom. The lowest BCUT2D eigenvalue weighted by molar-refractivity contribution is 0.484. The van der Waals surface area contributed by atoms with Crippen LogP contribution in [-0.2, 0) is 5.41 Å². The van der Waals surface area contributed by atoms with Crippen molar-refractivity contribution in [1.82, 2.24) is 4.98 Å². The fourth-order valence-electron chi connectivity index (χ4n) is 2.82. The van der Waals surface area contributed by atoms with Crippen molar-refractivity contribution in [2.24, 2.45) is 5.92 Å². The number of aromatic nitrogens is 1. The molecule has 1 aromatic carbocycles. The van der Waals surface area contributed by atoms with Gasteiger partial charge in [0, 0.05) is 11.6 Å². The third kappa shape index (κ3) is 1.27. The van der Waals surface area contributed by atoms with Crippen molar-refractivity contribution in [1.29, 1.82) is 0 Å². The molecule has 1 aliphatic carbocycles. The lowest BCUT2D eigenvalue weighted by Crippen LogP contribution is -2.15. The second-order valence-corrected chi connectivity index (χ2v) is 5.19. The minimum Gasteiger partial charge on any atom is -0.256 e. The van der Waals surface area contributed by atoms with E-state index in [1.165, 1.54) is 23.8 Å². The number of rotatable bonds is 2. The van der Waals surface area contributed by atoms with E-state index < -0.39 is 0 Å². The molecule has 1 heteroatoms. The van der Waals surface area contributed by atoms with Crippen LogP contribution in [0.15, 0.2) is 36.5 Å². The monoisotopic (exact) mass is 211 g/mol. The first-order valence-electron chi connectivity index (χ1n) is 6.08. The molecule has 0 amide bonds. The predicted molar refractivity (Wildman–Crippen MR) is 67.5 cm³/mol. The van der Waals surface area contributed by atoms with Crippen molar-refractivity contribution in [2.45, 2.75) is 32.1 Å². The SMILES string of the molecule is CC(C)C1(c2ccnc3ccccc23)CC1. The fraction of sp³-hybridized carbons (Fsp3) is 0.400. The summed E-state index contributed by atoms with van der Waals surface area (Å²) < 4.78 is 0. The summed E-state index contributed by atoms with van der Waals surface area (Å²) in [7, 11) is 0. The Hall–Kier alpha value is -1.37. The van der Waals surface area contributed by atoms with E-state index in [1.54, 1.807) is 0 Å². The van der Waals surface area contributed by atoms with Crippen LogP contribution in [-0.4, -0.2) is 4.98 Å². The van der Waals surface area contributed by atoms with Crippen molar-refractivity contribution in [3.63, 3.8) is 0 Å². The normalized spacial score (nSPS) is 17.9. The van der Waals surface area contributed by atoms with Crippen LogP contribution in [0.25, 0.3) is 10.9 Å². The van der Waals surface area contributed by atoms with Crippen LogP contribution >= 0.6 is 0 Å². The molecule has 0 unspecified atom stereocenters. The summed E-state index contributed by atoms with van der Waals surface area (Å²) >= 11 is 0. The van der Waals surface area contributed by atoms with Gasteiger partial charge in [0.25, 0.3) is 0 Å².